The van der Waals surface area contributed by atoms with E-state index in [0.717, 1.165) is 31.0 Å². The average Bonchev–Trinajstić information content (AvgIpc) is 3.19. The Labute approximate surface area is 117 Å². The molecule has 2 rings (SSSR count). The molecule has 1 saturated carbocycles. The summed E-state index contributed by atoms with van der Waals surface area (Å²) in [6, 6.07) is 2.62. The van der Waals surface area contributed by atoms with E-state index in [4.69, 9.17) is 5.11 Å². The third-order valence-electron chi connectivity index (χ3n) is 3.16. The Balaban J connectivity index is 2.52. The first-order valence-electron chi connectivity index (χ1n) is 6.42. The average molecular weight is 301 g/mol. The summed E-state index contributed by atoms with van der Waals surface area (Å²) in [6.45, 7) is 2.15. The van der Waals surface area contributed by atoms with E-state index in [1.807, 2.05) is 6.92 Å². The number of carboxylic acids is 1. The maximum absolute atomic E-state index is 13.3. The smallest absolute Gasteiger partial charge is 0.337 e. The first kappa shape index (κ1) is 14.9. The molecule has 1 N–H and O–H groups in total. The van der Waals surface area contributed by atoms with Crippen LogP contribution in [0.1, 0.15) is 36.5 Å². The van der Waals surface area contributed by atoms with Gasteiger partial charge in [0.05, 0.1) is 10.5 Å². The van der Waals surface area contributed by atoms with Crippen LogP contribution in [0.4, 0.5) is 4.39 Å². The highest BCUT2D eigenvalue weighted by molar-refractivity contribution is 7.89. The molecule has 0 saturated heterocycles. The third-order valence-corrected chi connectivity index (χ3v) is 5.15. The Kier molecular flexibility index (Phi) is 4.10. The zero-order valence-corrected chi connectivity index (χ0v) is 11.9. The molecule has 0 heterocycles. The highest BCUT2D eigenvalue weighted by Crippen LogP contribution is 2.33. The van der Waals surface area contributed by atoms with Crippen LogP contribution in [0.3, 0.4) is 0 Å². The molecular formula is C13H16FNO4S. The number of nitrogens with zero attached hydrogens (tertiary/aromatic N) is 1. The van der Waals surface area contributed by atoms with Crippen molar-refractivity contribution in [1.29, 1.82) is 0 Å². The lowest BCUT2D eigenvalue weighted by Gasteiger charge is -2.22. The van der Waals surface area contributed by atoms with Crippen molar-refractivity contribution in [3.63, 3.8) is 0 Å². The number of benzene rings is 1. The largest absolute Gasteiger partial charge is 0.478 e. The Hall–Kier alpha value is -1.47. The van der Waals surface area contributed by atoms with Crippen LogP contribution in [-0.4, -0.2) is 36.4 Å². The maximum Gasteiger partial charge on any atom is 0.337 e. The molecule has 0 radical (unpaired) electrons. The van der Waals surface area contributed by atoms with E-state index in [2.05, 4.69) is 0 Å². The van der Waals surface area contributed by atoms with Gasteiger partial charge in [-0.1, -0.05) is 6.92 Å². The minimum atomic E-state index is -3.99. The number of aromatic carboxylic acids is 1. The number of carbonyl (C=O) groups is 1. The van der Waals surface area contributed by atoms with Gasteiger partial charge in [0.15, 0.2) is 0 Å². The van der Waals surface area contributed by atoms with Gasteiger partial charge in [-0.15, -0.1) is 0 Å². The quantitative estimate of drug-likeness (QED) is 0.873. The number of hydrogen-bond acceptors (Lipinski definition) is 3. The van der Waals surface area contributed by atoms with Crippen LogP contribution in [0.25, 0.3) is 0 Å². The number of sulfonamides is 1. The van der Waals surface area contributed by atoms with Crippen LogP contribution in [0.5, 0.6) is 0 Å². The van der Waals surface area contributed by atoms with Crippen LogP contribution in [0.2, 0.25) is 0 Å². The number of rotatable bonds is 6. The van der Waals surface area contributed by atoms with Crippen LogP contribution >= 0.6 is 0 Å². The van der Waals surface area contributed by atoms with E-state index in [9.17, 15) is 17.6 Å². The van der Waals surface area contributed by atoms with E-state index < -0.39 is 32.3 Å². The molecule has 0 bridgehead atoms. The maximum atomic E-state index is 13.3. The molecule has 0 atom stereocenters. The molecular weight excluding hydrogens is 285 g/mol. The fourth-order valence-electron chi connectivity index (χ4n) is 2.09. The lowest BCUT2D eigenvalue weighted by atomic mass is 10.2. The van der Waals surface area contributed by atoms with Crippen molar-refractivity contribution in [3.8, 4) is 0 Å². The number of halogens is 1. The van der Waals surface area contributed by atoms with Gasteiger partial charge in [0.2, 0.25) is 10.0 Å². The van der Waals surface area contributed by atoms with Gasteiger partial charge in [-0.05, 0) is 37.5 Å². The molecule has 0 amide bonds. The molecule has 110 valence electrons. The van der Waals surface area contributed by atoms with Crippen molar-refractivity contribution in [3.05, 3.63) is 29.6 Å². The van der Waals surface area contributed by atoms with Crippen molar-refractivity contribution in [2.24, 2.45) is 0 Å². The Morgan fingerprint density at radius 3 is 2.60 bits per heavy atom. The van der Waals surface area contributed by atoms with Gasteiger partial charge >= 0.3 is 5.97 Å². The Bertz CT molecular complexity index is 625. The third kappa shape index (κ3) is 2.83. The van der Waals surface area contributed by atoms with E-state index in [1.54, 1.807) is 0 Å². The van der Waals surface area contributed by atoms with Crippen LogP contribution in [0.15, 0.2) is 23.1 Å². The molecule has 0 aromatic heterocycles. The van der Waals surface area contributed by atoms with E-state index in [-0.39, 0.29) is 6.04 Å². The van der Waals surface area contributed by atoms with Crippen LogP contribution in [0, 0.1) is 5.82 Å². The van der Waals surface area contributed by atoms with Gasteiger partial charge in [-0.3, -0.25) is 0 Å². The number of hydrogen-bond donors (Lipinski definition) is 1. The van der Waals surface area contributed by atoms with Gasteiger partial charge in [0.25, 0.3) is 0 Å². The molecule has 1 fully saturated rings. The van der Waals surface area contributed by atoms with Crippen molar-refractivity contribution in [2.75, 3.05) is 6.54 Å². The molecule has 7 heteroatoms. The predicted octanol–water partition coefficient (Wildman–Crippen LogP) is 2.09. The first-order valence-corrected chi connectivity index (χ1v) is 7.86. The fourth-order valence-corrected chi connectivity index (χ4v) is 4.07. The van der Waals surface area contributed by atoms with Gasteiger partial charge in [-0.25, -0.2) is 17.6 Å². The lowest BCUT2D eigenvalue weighted by molar-refractivity contribution is 0.0692. The molecule has 0 spiro atoms. The van der Waals surface area contributed by atoms with Crippen molar-refractivity contribution in [2.45, 2.75) is 37.1 Å². The minimum Gasteiger partial charge on any atom is -0.478 e. The lowest BCUT2D eigenvalue weighted by Crippen LogP contribution is -2.34. The summed E-state index contributed by atoms with van der Waals surface area (Å²) < 4.78 is 39.8. The highest BCUT2D eigenvalue weighted by atomic mass is 32.2. The van der Waals surface area contributed by atoms with Crippen molar-refractivity contribution < 1.29 is 22.7 Å². The predicted molar refractivity (Wildman–Crippen MR) is 70.6 cm³/mol. The van der Waals surface area contributed by atoms with Gasteiger partial charge < -0.3 is 5.11 Å². The summed E-state index contributed by atoms with van der Waals surface area (Å²) in [5, 5.41) is 9.08. The monoisotopic (exact) mass is 301 g/mol. The molecule has 20 heavy (non-hydrogen) atoms. The normalized spacial score (nSPS) is 15.6. The topological polar surface area (TPSA) is 74.7 Å². The van der Waals surface area contributed by atoms with Gasteiger partial charge in [0.1, 0.15) is 5.82 Å². The zero-order chi connectivity index (χ0) is 14.9. The SMILES string of the molecule is CCCN(C1CC1)S(=O)(=O)c1cc(F)ccc1C(=O)O. The molecule has 1 aromatic carbocycles. The van der Waals surface area contributed by atoms with Crippen LogP contribution in [-0.2, 0) is 10.0 Å². The molecule has 1 aromatic rings. The first-order chi connectivity index (χ1) is 9.37. The molecule has 0 aliphatic heterocycles. The second kappa shape index (κ2) is 5.49. The van der Waals surface area contributed by atoms with Gasteiger partial charge in [-0.2, -0.15) is 4.31 Å². The van der Waals surface area contributed by atoms with E-state index in [0.29, 0.717) is 13.0 Å². The minimum absolute atomic E-state index is 0.0927. The summed E-state index contributed by atoms with van der Waals surface area (Å²) in [7, 11) is -3.99. The summed E-state index contributed by atoms with van der Waals surface area (Å²) in [6.07, 6.45) is 2.14. The molecule has 1 aliphatic carbocycles. The summed E-state index contributed by atoms with van der Waals surface area (Å²) in [5.74, 6) is -2.14. The highest BCUT2D eigenvalue weighted by Gasteiger charge is 2.39. The van der Waals surface area contributed by atoms with E-state index in [1.165, 1.54) is 4.31 Å². The second-order valence-electron chi connectivity index (χ2n) is 4.79. The molecule has 5 nitrogen and oxygen atoms in total. The van der Waals surface area contributed by atoms with Crippen LogP contribution < -0.4 is 0 Å². The second-order valence-corrected chi connectivity index (χ2v) is 6.65. The Morgan fingerprint density at radius 1 is 1.45 bits per heavy atom. The summed E-state index contributed by atoms with van der Waals surface area (Å²) >= 11 is 0. The van der Waals surface area contributed by atoms with Crippen molar-refractivity contribution in [1.82, 2.24) is 4.31 Å². The summed E-state index contributed by atoms with van der Waals surface area (Å²) in [4.78, 5) is 10.7. The van der Waals surface area contributed by atoms with E-state index >= 15 is 0 Å². The van der Waals surface area contributed by atoms with Gasteiger partial charge in [0, 0.05) is 12.6 Å². The summed E-state index contributed by atoms with van der Waals surface area (Å²) in [5.41, 5.74) is -0.395. The number of carboxylic acid groups (broad SMARTS) is 1. The zero-order valence-electron chi connectivity index (χ0n) is 11.0. The van der Waals surface area contributed by atoms with Crippen molar-refractivity contribution >= 4 is 16.0 Å². The Morgan fingerprint density at radius 2 is 2.10 bits per heavy atom. The molecule has 1 aliphatic rings. The fraction of sp³-hybridized carbons (Fsp3) is 0.462. The molecule has 0 unspecified atom stereocenters. The standard InChI is InChI=1S/C13H16FNO4S/c1-2-7-15(10-4-5-10)20(18,19)12-8-9(14)3-6-11(12)13(16)17/h3,6,8,10H,2,4-5,7H2,1H3,(H,16,17).